The van der Waals surface area contributed by atoms with Crippen molar-refractivity contribution in [2.24, 2.45) is 11.8 Å². The van der Waals surface area contributed by atoms with Crippen LogP contribution in [0.1, 0.15) is 13.3 Å². The summed E-state index contributed by atoms with van der Waals surface area (Å²) in [6.45, 7) is 5.93. The fourth-order valence-corrected chi connectivity index (χ4v) is 1.12. The van der Waals surface area contributed by atoms with E-state index in [1.807, 2.05) is 12.2 Å². The van der Waals surface area contributed by atoms with Gasteiger partial charge in [-0.05, 0) is 25.2 Å². The maximum atomic E-state index is 10.8. The highest BCUT2D eigenvalue weighted by Crippen LogP contribution is 2.40. The molecule has 0 aromatic carbocycles. The number of hydrogen-bond acceptors (Lipinski definition) is 2. The van der Waals surface area contributed by atoms with Crippen LogP contribution in [0.5, 0.6) is 0 Å². The molecule has 0 spiro atoms. The molecule has 1 aliphatic rings. The number of rotatable bonds is 4. The van der Waals surface area contributed by atoms with Crippen LogP contribution < -0.4 is 0 Å². The van der Waals surface area contributed by atoms with E-state index in [1.165, 1.54) is 6.08 Å². The molecule has 0 saturated heterocycles. The fraction of sp³-hybridized carbons (Fsp3) is 0.500. The van der Waals surface area contributed by atoms with Crippen LogP contribution in [0.2, 0.25) is 0 Å². The van der Waals surface area contributed by atoms with E-state index >= 15 is 0 Å². The molecule has 0 radical (unpaired) electrons. The molecule has 1 saturated carbocycles. The van der Waals surface area contributed by atoms with Crippen molar-refractivity contribution in [2.75, 3.05) is 6.61 Å². The third-order valence-corrected chi connectivity index (χ3v) is 1.96. The summed E-state index contributed by atoms with van der Waals surface area (Å²) < 4.78 is 4.74. The maximum Gasteiger partial charge on any atom is 0.330 e. The minimum absolute atomic E-state index is 0.243. The first-order valence-electron chi connectivity index (χ1n) is 4.25. The highest BCUT2D eigenvalue weighted by molar-refractivity contribution is 5.81. The Balaban J connectivity index is 2.22. The minimum Gasteiger partial charge on any atom is -0.463 e. The normalized spacial score (nSPS) is 27.1. The number of carbonyl (C=O) groups is 1. The van der Waals surface area contributed by atoms with Crippen LogP contribution in [0.3, 0.4) is 0 Å². The molecule has 0 bridgehead atoms. The van der Waals surface area contributed by atoms with Crippen LogP contribution in [0.15, 0.2) is 24.8 Å². The van der Waals surface area contributed by atoms with Gasteiger partial charge in [0.05, 0.1) is 6.61 Å². The average molecular weight is 166 g/mol. The van der Waals surface area contributed by atoms with Crippen molar-refractivity contribution < 1.29 is 9.53 Å². The summed E-state index contributed by atoms with van der Waals surface area (Å²) in [4.78, 5) is 10.8. The van der Waals surface area contributed by atoms with E-state index in [1.54, 1.807) is 6.92 Å². The average Bonchev–Trinajstić information content (AvgIpc) is 2.80. The second kappa shape index (κ2) is 4.10. The summed E-state index contributed by atoms with van der Waals surface area (Å²) >= 11 is 0. The topological polar surface area (TPSA) is 26.3 Å². The SMILES string of the molecule is C=C[C@H]1C[C@@H]1/C=C/C(=O)OCC. The molecule has 1 fully saturated rings. The lowest BCUT2D eigenvalue weighted by atomic mass is 10.3. The van der Waals surface area contributed by atoms with Crippen molar-refractivity contribution in [3.63, 3.8) is 0 Å². The van der Waals surface area contributed by atoms with Crippen LogP contribution in [-0.4, -0.2) is 12.6 Å². The van der Waals surface area contributed by atoms with Crippen molar-refractivity contribution >= 4 is 5.97 Å². The van der Waals surface area contributed by atoms with Gasteiger partial charge in [-0.3, -0.25) is 0 Å². The van der Waals surface area contributed by atoms with Gasteiger partial charge in [-0.2, -0.15) is 0 Å². The smallest absolute Gasteiger partial charge is 0.330 e. The van der Waals surface area contributed by atoms with Crippen molar-refractivity contribution in [1.82, 2.24) is 0 Å². The highest BCUT2D eigenvalue weighted by Gasteiger charge is 2.31. The summed E-state index contributed by atoms with van der Waals surface area (Å²) in [6.07, 6.45) is 6.47. The summed E-state index contributed by atoms with van der Waals surface area (Å²) in [6, 6.07) is 0. The van der Waals surface area contributed by atoms with Crippen LogP contribution in [0.25, 0.3) is 0 Å². The van der Waals surface area contributed by atoms with E-state index in [4.69, 9.17) is 4.74 Å². The van der Waals surface area contributed by atoms with Crippen molar-refractivity contribution in [2.45, 2.75) is 13.3 Å². The molecular formula is C10H14O2. The Labute approximate surface area is 72.9 Å². The largest absolute Gasteiger partial charge is 0.463 e. The van der Waals surface area contributed by atoms with E-state index in [2.05, 4.69) is 6.58 Å². The molecule has 2 heteroatoms. The molecule has 1 rings (SSSR count). The van der Waals surface area contributed by atoms with Gasteiger partial charge < -0.3 is 4.74 Å². The quantitative estimate of drug-likeness (QED) is 0.362. The Morgan fingerprint density at radius 1 is 1.67 bits per heavy atom. The Bertz CT molecular complexity index is 206. The van der Waals surface area contributed by atoms with E-state index < -0.39 is 0 Å². The zero-order valence-corrected chi connectivity index (χ0v) is 7.32. The molecule has 2 nitrogen and oxygen atoms in total. The Hall–Kier alpha value is -1.05. The van der Waals surface area contributed by atoms with Gasteiger partial charge in [0.15, 0.2) is 0 Å². The molecule has 66 valence electrons. The minimum atomic E-state index is -0.243. The number of ether oxygens (including phenoxy) is 1. The molecule has 0 aromatic rings. The third kappa shape index (κ3) is 2.53. The zero-order valence-electron chi connectivity index (χ0n) is 7.32. The van der Waals surface area contributed by atoms with Gasteiger partial charge in [0, 0.05) is 6.08 Å². The predicted octanol–water partition coefficient (Wildman–Crippen LogP) is 1.93. The van der Waals surface area contributed by atoms with Gasteiger partial charge in [0.1, 0.15) is 0 Å². The first kappa shape index (κ1) is 9.04. The Kier molecular flexibility index (Phi) is 3.09. The van der Waals surface area contributed by atoms with Gasteiger partial charge in [-0.1, -0.05) is 12.2 Å². The second-order valence-corrected chi connectivity index (χ2v) is 2.91. The second-order valence-electron chi connectivity index (χ2n) is 2.91. The van der Waals surface area contributed by atoms with Crippen LogP contribution >= 0.6 is 0 Å². The van der Waals surface area contributed by atoms with E-state index in [9.17, 15) is 4.79 Å². The summed E-state index contributed by atoms with van der Waals surface area (Å²) in [5.74, 6) is 0.856. The standard InChI is InChI=1S/C10H14O2/c1-3-8-7-9(8)5-6-10(11)12-4-2/h3,5-6,8-9H,1,4,7H2,2H3/b6-5+/t8-,9-/m0/s1. The van der Waals surface area contributed by atoms with Crippen molar-refractivity contribution in [1.29, 1.82) is 0 Å². The molecule has 0 unspecified atom stereocenters. The summed E-state index contributed by atoms with van der Waals surface area (Å²) in [5, 5.41) is 0. The first-order chi connectivity index (χ1) is 5.77. The molecule has 0 amide bonds. The van der Waals surface area contributed by atoms with Crippen LogP contribution in [-0.2, 0) is 9.53 Å². The lowest BCUT2D eigenvalue weighted by molar-refractivity contribution is -0.137. The molecule has 0 N–H and O–H groups in total. The van der Waals surface area contributed by atoms with Gasteiger partial charge in [-0.25, -0.2) is 4.79 Å². The third-order valence-electron chi connectivity index (χ3n) is 1.96. The van der Waals surface area contributed by atoms with Crippen molar-refractivity contribution in [3.05, 3.63) is 24.8 Å². The first-order valence-corrected chi connectivity index (χ1v) is 4.25. The van der Waals surface area contributed by atoms with Gasteiger partial charge in [0.2, 0.25) is 0 Å². The molecular weight excluding hydrogens is 152 g/mol. The van der Waals surface area contributed by atoms with Gasteiger partial charge >= 0.3 is 5.97 Å². The monoisotopic (exact) mass is 166 g/mol. The van der Waals surface area contributed by atoms with E-state index in [0.717, 1.165) is 6.42 Å². The molecule has 0 aromatic heterocycles. The fourth-order valence-electron chi connectivity index (χ4n) is 1.12. The highest BCUT2D eigenvalue weighted by atomic mass is 16.5. The molecule has 2 atom stereocenters. The Morgan fingerprint density at radius 3 is 2.92 bits per heavy atom. The van der Waals surface area contributed by atoms with Crippen LogP contribution in [0.4, 0.5) is 0 Å². The number of esters is 1. The van der Waals surface area contributed by atoms with Crippen LogP contribution in [0, 0.1) is 11.8 Å². The molecule has 0 heterocycles. The number of allylic oxidation sites excluding steroid dienone is 2. The van der Waals surface area contributed by atoms with Gasteiger partial charge in [0.25, 0.3) is 0 Å². The molecule has 1 aliphatic carbocycles. The Morgan fingerprint density at radius 2 is 2.42 bits per heavy atom. The summed E-state index contributed by atoms with van der Waals surface area (Å²) in [7, 11) is 0. The van der Waals surface area contributed by atoms with Crippen molar-refractivity contribution in [3.8, 4) is 0 Å². The lowest BCUT2D eigenvalue weighted by Crippen LogP contribution is -1.98. The number of carbonyl (C=O) groups excluding carboxylic acids is 1. The summed E-state index contributed by atoms with van der Waals surface area (Å²) in [5.41, 5.74) is 0. The van der Waals surface area contributed by atoms with Gasteiger partial charge in [-0.15, -0.1) is 6.58 Å². The van der Waals surface area contributed by atoms with E-state index in [-0.39, 0.29) is 5.97 Å². The maximum absolute atomic E-state index is 10.8. The number of hydrogen-bond donors (Lipinski definition) is 0. The van der Waals surface area contributed by atoms with E-state index in [0.29, 0.717) is 18.4 Å². The predicted molar refractivity (Wildman–Crippen MR) is 47.6 cm³/mol. The zero-order chi connectivity index (χ0) is 8.97. The molecule has 12 heavy (non-hydrogen) atoms. The molecule has 0 aliphatic heterocycles. The lowest BCUT2D eigenvalue weighted by Gasteiger charge is -1.93.